The fraction of sp³-hybridized carbons (Fsp3) is 0.409. The van der Waals surface area contributed by atoms with Crippen molar-refractivity contribution >= 4 is 27.3 Å². The zero-order chi connectivity index (χ0) is 22.6. The predicted molar refractivity (Wildman–Crippen MR) is 118 cm³/mol. The van der Waals surface area contributed by atoms with Crippen LogP contribution in [0, 0.1) is 16.0 Å². The van der Waals surface area contributed by atoms with Crippen LogP contribution in [0.4, 0.5) is 11.4 Å². The second-order valence-corrected chi connectivity index (χ2v) is 9.73. The van der Waals surface area contributed by atoms with Gasteiger partial charge in [0.1, 0.15) is 0 Å². The highest BCUT2D eigenvalue weighted by Gasteiger charge is 2.35. The summed E-state index contributed by atoms with van der Waals surface area (Å²) in [7, 11) is -4.00. The Morgan fingerprint density at radius 2 is 1.77 bits per heavy atom. The van der Waals surface area contributed by atoms with Gasteiger partial charge in [-0.1, -0.05) is 38.1 Å². The van der Waals surface area contributed by atoms with Gasteiger partial charge in [-0.3, -0.25) is 14.9 Å². The van der Waals surface area contributed by atoms with Crippen LogP contribution in [0.1, 0.15) is 44.6 Å². The molecule has 0 radical (unpaired) electrons. The number of sulfonamides is 1. The van der Waals surface area contributed by atoms with Gasteiger partial charge in [0, 0.05) is 30.8 Å². The van der Waals surface area contributed by atoms with Crippen LogP contribution >= 0.6 is 0 Å². The topological polar surface area (TPSA) is 110 Å². The molecule has 8 nitrogen and oxygen atoms in total. The van der Waals surface area contributed by atoms with Crippen molar-refractivity contribution < 1.29 is 18.1 Å². The Labute approximate surface area is 182 Å². The van der Waals surface area contributed by atoms with Crippen molar-refractivity contribution in [1.82, 2.24) is 4.31 Å². The van der Waals surface area contributed by atoms with Gasteiger partial charge in [-0.25, -0.2) is 8.42 Å². The Balaban J connectivity index is 1.63. The number of anilines is 1. The standard InChI is InChI=1S/C22H27N3O5S/c1-3-16(2)17-8-10-19(11-9-17)23-22(26)18-12-14-24(15-13-18)31(29,30)21-7-5-4-6-20(21)25(27)28/h4-11,16,18H,3,12-15H2,1-2H3,(H,23,26). The number of nitrogens with zero attached hydrogens (tertiary/aromatic N) is 2. The van der Waals surface area contributed by atoms with Crippen LogP contribution in [-0.4, -0.2) is 36.6 Å². The Kier molecular flexibility index (Phi) is 7.07. The molecule has 166 valence electrons. The minimum Gasteiger partial charge on any atom is -0.326 e. The second kappa shape index (κ2) is 9.57. The van der Waals surface area contributed by atoms with E-state index in [-0.39, 0.29) is 29.8 Å². The fourth-order valence-corrected chi connectivity index (χ4v) is 5.33. The summed E-state index contributed by atoms with van der Waals surface area (Å²) >= 11 is 0. The van der Waals surface area contributed by atoms with Crippen molar-refractivity contribution in [2.75, 3.05) is 18.4 Å². The molecule has 0 aromatic heterocycles. The van der Waals surface area contributed by atoms with Crippen molar-refractivity contribution in [3.63, 3.8) is 0 Å². The minimum absolute atomic E-state index is 0.138. The van der Waals surface area contributed by atoms with Gasteiger partial charge in [0.05, 0.1) is 4.92 Å². The molecule has 0 spiro atoms. The van der Waals surface area contributed by atoms with Crippen molar-refractivity contribution in [1.29, 1.82) is 0 Å². The molecule has 1 aliphatic rings. The van der Waals surface area contributed by atoms with Crippen LogP contribution in [0.2, 0.25) is 0 Å². The lowest BCUT2D eigenvalue weighted by molar-refractivity contribution is -0.387. The summed E-state index contributed by atoms with van der Waals surface area (Å²) in [6.07, 6.45) is 1.76. The number of benzene rings is 2. The van der Waals surface area contributed by atoms with E-state index < -0.39 is 20.6 Å². The van der Waals surface area contributed by atoms with E-state index in [0.717, 1.165) is 6.42 Å². The van der Waals surface area contributed by atoms with Gasteiger partial charge in [-0.05, 0) is 48.9 Å². The Morgan fingerprint density at radius 1 is 1.16 bits per heavy atom. The lowest BCUT2D eigenvalue weighted by Crippen LogP contribution is -2.41. The number of hydrogen-bond donors (Lipinski definition) is 1. The zero-order valence-corrected chi connectivity index (χ0v) is 18.5. The number of rotatable bonds is 7. The summed E-state index contributed by atoms with van der Waals surface area (Å²) in [6.45, 7) is 4.56. The number of nitro groups is 1. The largest absolute Gasteiger partial charge is 0.326 e. The first-order chi connectivity index (χ1) is 14.7. The molecule has 1 amide bonds. The zero-order valence-electron chi connectivity index (χ0n) is 17.7. The molecule has 1 aliphatic heterocycles. The van der Waals surface area contributed by atoms with E-state index in [1.54, 1.807) is 0 Å². The summed E-state index contributed by atoms with van der Waals surface area (Å²) in [6, 6.07) is 13.1. The first-order valence-corrected chi connectivity index (χ1v) is 11.8. The maximum absolute atomic E-state index is 12.9. The molecule has 0 bridgehead atoms. The summed E-state index contributed by atoms with van der Waals surface area (Å²) < 4.78 is 27.0. The van der Waals surface area contributed by atoms with Gasteiger partial charge >= 0.3 is 0 Å². The Bertz CT molecular complexity index is 1050. The molecule has 1 fully saturated rings. The van der Waals surface area contributed by atoms with E-state index in [1.165, 1.54) is 34.1 Å². The van der Waals surface area contributed by atoms with Gasteiger partial charge in [-0.15, -0.1) is 0 Å². The lowest BCUT2D eigenvalue weighted by atomic mass is 9.96. The summed E-state index contributed by atoms with van der Waals surface area (Å²) in [5, 5.41) is 14.1. The first-order valence-electron chi connectivity index (χ1n) is 10.4. The molecule has 1 heterocycles. The molecule has 31 heavy (non-hydrogen) atoms. The molecular weight excluding hydrogens is 418 g/mol. The van der Waals surface area contributed by atoms with E-state index in [0.29, 0.717) is 24.4 Å². The van der Waals surface area contributed by atoms with E-state index >= 15 is 0 Å². The van der Waals surface area contributed by atoms with Crippen LogP contribution in [0.5, 0.6) is 0 Å². The number of amides is 1. The van der Waals surface area contributed by atoms with E-state index in [4.69, 9.17) is 0 Å². The highest BCUT2D eigenvalue weighted by molar-refractivity contribution is 7.89. The van der Waals surface area contributed by atoms with Gasteiger partial charge < -0.3 is 5.32 Å². The Morgan fingerprint density at radius 3 is 2.35 bits per heavy atom. The van der Waals surface area contributed by atoms with Gasteiger partial charge in [0.2, 0.25) is 15.9 Å². The third-order valence-corrected chi connectivity index (χ3v) is 7.81. The third kappa shape index (κ3) is 5.11. The minimum atomic E-state index is -4.00. The maximum Gasteiger partial charge on any atom is 0.289 e. The number of nitro benzene ring substituents is 1. The number of hydrogen-bond acceptors (Lipinski definition) is 5. The number of piperidine rings is 1. The molecule has 3 rings (SSSR count). The summed E-state index contributed by atoms with van der Waals surface area (Å²) in [5.41, 5.74) is 1.49. The van der Waals surface area contributed by atoms with Crippen LogP contribution in [0.15, 0.2) is 53.4 Å². The molecule has 1 atom stereocenters. The quantitative estimate of drug-likeness (QED) is 0.509. The third-order valence-electron chi connectivity index (χ3n) is 5.86. The molecule has 1 N–H and O–H groups in total. The molecule has 0 saturated carbocycles. The van der Waals surface area contributed by atoms with Crippen molar-refractivity contribution in [3.05, 3.63) is 64.2 Å². The number of para-hydroxylation sites is 1. The molecule has 9 heteroatoms. The molecule has 2 aromatic rings. The highest BCUT2D eigenvalue weighted by atomic mass is 32.2. The van der Waals surface area contributed by atoms with Crippen molar-refractivity contribution in [3.8, 4) is 0 Å². The first kappa shape index (κ1) is 22.9. The molecule has 2 aromatic carbocycles. The maximum atomic E-state index is 12.9. The monoisotopic (exact) mass is 445 g/mol. The fourth-order valence-electron chi connectivity index (χ4n) is 3.70. The number of carbonyl (C=O) groups excluding carboxylic acids is 1. The van der Waals surface area contributed by atoms with Crippen LogP contribution in [0.3, 0.4) is 0 Å². The van der Waals surface area contributed by atoms with E-state index in [1.807, 2.05) is 24.3 Å². The van der Waals surface area contributed by atoms with Gasteiger partial charge in [0.15, 0.2) is 4.90 Å². The SMILES string of the molecule is CCC(C)c1ccc(NC(=O)C2CCN(S(=O)(=O)c3ccccc3[N+](=O)[O-])CC2)cc1. The average molecular weight is 446 g/mol. The van der Waals surface area contributed by atoms with Crippen LogP contribution < -0.4 is 5.32 Å². The number of carbonyl (C=O) groups is 1. The lowest BCUT2D eigenvalue weighted by Gasteiger charge is -2.30. The number of nitrogens with one attached hydrogen (secondary N) is 1. The second-order valence-electron chi connectivity index (χ2n) is 7.82. The van der Waals surface area contributed by atoms with Crippen molar-refractivity contribution in [2.24, 2.45) is 5.92 Å². The highest BCUT2D eigenvalue weighted by Crippen LogP contribution is 2.30. The van der Waals surface area contributed by atoms with Crippen molar-refractivity contribution in [2.45, 2.75) is 43.9 Å². The smallest absolute Gasteiger partial charge is 0.289 e. The van der Waals surface area contributed by atoms with Crippen LogP contribution in [0.25, 0.3) is 0 Å². The van der Waals surface area contributed by atoms with E-state index in [9.17, 15) is 23.3 Å². The van der Waals surface area contributed by atoms with E-state index in [2.05, 4.69) is 19.2 Å². The average Bonchev–Trinajstić information content (AvgIpc) is 2.79. The normalized spacial score (nSPS) is 16.6. The summed E-state index contributed by atoms with van der Waals surface area (Å²) in [5.74, 6) is 0.00180. The van der Waals surface area contributed by atoms with Crippen LogP contribution in [-0.2, 0) is 14.8 Å². The van der Waals surface area contributed by atoms with Gasteiger partial charge in [-0.2, -0.15) is 4.31 Å². The Hall–Kier alpha value is -2.78. The molecule has 1 saturated heterocycles. The molecule has 1 unspecified atom stereocenters. The summed E-state index contributed by atoms with van der Waals surface area (Å²) in [4.78, 5) is 22.8. The molecule has 0 aliphatic carbocycles. The van der Waals surface area contributed by atoms with Gasteiger partial charge in [0.25, 0.3) is 5.69 Å². The molecular formula is C22H27N3O5S. The predicted octanol–water partition coefficient (Wildman–Crippen LogP) is 4.15.